The summed E-state index contributed by atoms with van der Waals surface area (Å²) in [5.74, 6) is 1.14. The van der Waals surface area contributed by atoms with E-state index in [9.17, 15) is 0 Å². The van der Waals surface area contributed by atoms with Crippen LogP contribution in [-0.4, -0.2) is 29.4 Å². The summed E-state index contributed by atoms with van der Waals surface area (Å²) in [6.07, 6.45) is 0. The van der Waals surface area contributed by atoms with E-state index in [1.165, 1.54) is 0 Å². The third kappa shape index (κ3) is 1.33. The van der Waals surface area contributed by atoms with Crippen molar-refractivity contribution in [1.82, 2.24) is 5.32 Å². The fourth-order valence-corrected chi connectivity index (χ4v) is 1.46. The average Bonchev–Trinajstić information content (AvgIpc) is 2.14. The Morgan fingerprint density at radius 2 is 2.71 bits per heavy atom. The van der Waals surface area contributed by atoms with Crippen molar-refractivity contribution in [3.8, 4) is 0 Å². The molecule has 0 saturated carbocycles. The highest BCUT2D eigenvalue weighted by Crippen LogP contribution is 2.11. The fourth-order valence-electron chi connectivity index (χ4n) is 0.597. The van der Waals surface area contributed by atoms with Gasteiger partial charge in [-0.15, -0.1) is 11.8 Å². The summed E-state index contributed by atoms with van der Waals surface area (Å²) in [4.78, 5) is 0. The zero-order valence-electron chi connectivity index (χ0n) is 4.05. The lowest BCUT2D eigenvalue weighted by atomic mass is 10.6. The van der Waals surface area contributed by atoms with Crippen molar-refractivity contribution in [3.63, 3.8) is 0 Å². The molecule has 1 fully saturated rings. The minimum Gasteiger partial charge on any atom is -0.394 e. The topological polar surface area (TPSA) is 32.3 Å². The number of aliphatic hydroxyl groups is 1. The molecule has 0 bridgehead atoms. The van der Waals surface area contributed by atoms with Gasteiger partial charge in [0.25, 0.3) is 0 Å². The van der Waals surface area contributed by atoms with E-state index in [0.29, 0.717) is 5.37 Å². The zero-order chi connectivity index (χ0) is 5.11. The lowest BCUT2D eigenvalue weighted by Crippen LogP contribution is -2.22. The van der Waals surface area contributed by atoms with E-state index in [1.54, 1.807) is 11.8 Å². The van der Waals surface area contributed by atoms with Crippen LogP contribution in [0.5, 0.6) is 0 Å². The highest BCUT2D eigenvalue weighted by atomic mass is 32.2. The van der Waals surface area contributed by atoms with Crippen LogP contribution in [0.15, 0.2) is 0 Å². The molecule has 1 aliphatic rings. The van der Waals surface area contributed by atoms with Crippen LogP contribution in [-0.2, 0) is 0 Å². The Morgan fingerprint density at radius 3 is 3.00 bits per heavy atom. The quantitative estimate of drug-likeness (QED) is 0.494. The van der Waals surface area contributed by atoms with E-state index in [0.717, 1.165) is 12.3 Å². The number of hydrogen-bond acceptors (Lipinski definition) is 3. The maximum atomic E-state index is 8.48. The predicted octanol–water partition coefficient (Wildman–Crippen LogP) is -0.359. The highest BCUT2D eigenvalue weighted by molar-refractivity contribution is 8.00. The van der Waals surface area contributed by atoms with Gasteiger partial charge in [0.1, 0.15) is 0 Å². The normalized spacial score (nSPS) is 31.3. The van der Waals surface area contributed by atoms with Crippen molar-refractivity contribution in [3.05, 3.63) is 0 Å². The summed E-state index contributed by atoms with van der Waals surface area (Å²) in [6, 6.07) is 0. The van der Waals surface area contributed by atoms with Crippen molar-refractivity contribution in [1.29, 1.82) is 0 Å². The number of thioether (sulfide) groups is 1. The number of nitrogens with one attached hydrogen (secondary N) is 1. The molecule has 2 N–H and O–H groups in total. The Hall–Kier alpha value is 0.270. The summed E-state index contributed by atoms with van der Waals surface area (Å²) < 4.78 is 0. The predicted molar refractivity (Wildman–Crippen MR) is 31.3 cm³/mol. The van der Waals surface area contributed by atoms with Crippen LogP contribution in [0.1, 0.15) is 0 Å². The first-order valence-electron chi connectivity index (χ1n) is 2.39. The summed E-state index contributed by atoms with van der Waals surface area (Å²) >= 11 is 1.78. The van der Waals surface area contributed by atoms with Gasteiger partial charge < -0.3 is 10.4 Å². The summed E-state index contributed by atoms with van der Waals surface area (Å²) in [6.45, 7) is 1.32. The zero-order valence-corrected chi connectivity index (χ0v) is 4.87. The molecular formula is C4H9NOS. The van der Waals surface area contributed by atoms with Gasteiger partial charge in [0.2, 0.25) is 0 Å². The van der Waals surface area contributed by atoms with Crippen molar-refractivity contribution in [2.24, 2.45) is 0 Å². The lowest BCUT2D eigenvalue weighted by Gasteiger charge is -2.00. The van der Waals surface area contributed by atoms with Gasteiger partial charge in [-0.05, 0) is 0 Å². The molecule has 3 heteroatoms. The Morgan fingerprint density at radius 1 is 1.86 bits per heavy atom. The largest absolute Gasteiger partial charge is 0.394 e. The standard InChI is InChI=1S/C4H9NOS/c6-3-4-5-1-2-7-4/h4-6H,1-3H2. The molecule has 0 amide bonds. The summed E-state index contributed by atoms with van der Waals surface area (Å²) in [5, 5.41) is 11.9. The Bertz CT molecular complexity index is 53.7. The van der Waals surface area contributed by atoms with Gasteiger partial charge in [0.05, 0.1) is 12.0 Å². The molecule has 1 saturated heterocycles. The van der Waals surface area contributed by atoms with Crippen LogP contribution in [0.25, 0.3) is 0 Å². The molecule has 1 aliphatic heterocycles. The Balaban J connectivity index is 2.14. The van der Waals surface area contributed by atoms with Crippen LogP contribution in [0.4, 0.5) is 0 Å². The third-order valence-corrected chi connectivity index (χ3v) is 2.12. The van der Waals surface area contributed by atoms with Crippen LogP contribution in [0.2, 0.25) is 0 Å². The molecule has 0 aromatic rings. The van der Waals surface area contributed by atoms with E-state index in [2.05, 4.69) is 5.32 Å². The van der Waals surface area contributed by atoms with Gasteiger partial charge in [-0.2, -0.15) is 0 Å². The molecule has 1 atom stereocenters. The van der Waals surface area contributed by atoms with E-state index < -0.39 is 0 Å². The monoisotopic (exact) mass is 119 g/mol. The number of hydrogen-bond donors (Lipinski definition) is 2. The highest BCUT2D eigenvalue weighted by Gasteiger charge is 2.11. The molecule has 2 nitrogen and oxygen atoms in total. The van der Waals surface area contributed by atoms with Crippen LogP contribution in [0.3, 0.4) is 0 Å². The molecule has 0 aromatic carbocycles. The molecule has 0 aliphatic carbocycles. The second kappa shape index (κ2) is 2.55. The van der Waals surface area contributed by atoms with Gasteiger partial charge in [-0.3, -0.25) is 0 Å². The first kappa shape index (κ1) is 5.41. The van der Waals surface area contributed by atoms with Crippen molar-refractivity contribution in [2.75, 3.05) is 18.9 Å². The molecule has 0 aromatic heterocycles. The van der Waals surface area contributed by atoms with Gasteiger partial charge in [-0.1, -0.05) is 0 Å². The molecule has 0 radical (unpaired) electrons. The van der Waals surface area contributed by atoms with Crippen molar-refractivity contribution >= 4 is 11.8 Å². The molecule has 1 rings (SSSR count). The van der Waals surface area contributed by atoms with E-state index >= 15 is 0 Å². The maximum absolute atomic E-state index is 8.48. The van der Waals surface area contributed by atoms with E-state index in [1.807, 2.05) is 0 Å². The molecule has 0 spiro atoms. The minimum atomic E-state index is 0.269. The first-order chi connectivity index (χ1) is 3.43. The van der Waals surface area contributed by atoms with E-state index in [-0.39, 0.29) is 6.61 Å². The van der Waals surface area contributed by atoms with Crippen molar-refractivity contribution in [2.45, 2.75) is 5.37 Å². The SMILES string of the molecule is OCC1NCCS1. The molecule has 1 heterocycles. The maximum Gasteiger partial charge on any atom is 0.0767 e. The minimum absolute atomic E-state index is 0.269. The summed E-state index contributed by atoms with van der Waals surface area (Å²) in [7, 11) is 0. The number of aliphatic hydroxyl groups excluding tert-OH is 1. The van der Waals surface area contributed by atoms with Crippen LogP contribution in [0, 0.1) is 0 Å². The van der Waals surface area contributed by atoms with Gasteiger partial charge >= 0.3 is 0 Å². The van der Waals surface area contributed by atoms with Crippen LogP contribution < -0.4 is 5.32 Å². The molecule has 42 valence electrons. The van der Waals surface area contributed by atoms with Gasteiger partial charge in [0, 0.05) is 12.3 Å². The molecule has 1 unspecified atom stereocenters. The van der Waals surface area contributed by atoms with E-state index in [4.69, 9.17) is 5.11 Å². The van der Waals surface area contributed by atoms with Crippen molar-refractivity contribution < 1.29 is 5.11 Å². The van der Waals surface area contributed by atoms with Crippen LogP contribution >= 0.6 is 11.8 Å². The number of rotatable bonds is 1. The Kier molecular flexibility index (Phi) is 1.97. The third-order valence-electron chi connectivity index (χ3n) is 0.959. The molecular weight excluding hydrogens is 110 g/mol. The summed E-state index contributed by atoms with van der Waals surface area (Å²) in [5.41, 5.74) is 0. The fraction of sp³-hybridized carbons (Fsp3) is 1.00. The average molecular weight is 119 g/mol. The van der Waals surface area contributed by atoms with Gasteiger partial charge in [-0.25, -0.2) is 0 Å². The molecule has 7 heavy (non-hydrogen) atoms. The Labute approximate surface area is 47.3 Å². The first-order valence-corrected chi connectivity index (χ1v) is 3.44. The second-order valence-corrected chi connectivity index (χ2v) is 2.81. The lowest BCUT2D eigenvalue weighted by molar-refractivity contribution is 0.285. The second-order valence-electron chi connectivity index (χ2n) is 1.50. The van der Waals surface area contributed by atoms with Gasteiger partial charge in [0.15, 0.2) is 0 Å². The smallest absolute Gasteiger partial charge is 0.0767 e.